The summed E-state index contributed by atoms with van der Waals surface area (Å²) in [7, 11) is 1.63. The van der Waals surface area contributed by atoms with E-state index in [1.807, 2.05) is 13.8 Å². The molecule has 1 amide bonds. The highest BCUT2D eigenvalue weighted by atomic mass is 16.2. The molecular weight excluding hydrogens is 220 g/mol. The molecule has 0 radical (unpaired) electrons. The fourth-order valence-electron chi connectivity index (χ4n) is 1.16. The Morgan fingerprint density at radius 2 is 2.24 bits per heavy atom. The lowest BCUT2D eigenvalue weighted by Gasteiger charge is -2.08. The molecule has 0 aliphatic carbocycles. The zero-order chi connectivity index (χ0) is 12.8. The van der Waals surface area contributed by atoms with Crippen LogP contribution in [0.25, 0.3) is 0 Å². The van der Waals surface area contributed by atoms with E-state index in [0.29, 0.717) is 12.5 Å². The van der Waals surface area contributed by atoms with Gasteiger partial charge in [-0.15, -0.1) is 0 Å². The van der Waals surface area contributed by atoms with Crippen molar-refractivity contribution < 1.29 is 4.79 Å². The number of aromatic nitrogens is 2. The summed E-state index contributed by atoms with van der Waals surface area (Å²) in [4.78, 5) is 26.8. The Morgan fingerprint density at radius 1 is 1.53 bits per heavy atom. The minimum Gasteiger partial charge on any atom is -0.356 e. The van der Waals surface area contributed by atoms with E-state index in [9.17, 15) is 9.59 Å². The molecule has 0 aromatic carbocycles. The molecule has 0 bridgehead atoms. The van der Waals surface area contributed by atoms with Crippen molar-refractivity contribution in [3.05, 3.63) is 22.7 Å². The molecular formula is C11H18N4O2. The average Bonchev–Trinajstić information content (AvgIpc) is 2.28. The third-order valence-corrected chi connectivity index (χ3v) is 2.14. The number of anilines is 1. The Hall–Kier alpha value is -1.85. The first-order chi connectivity index (χ1) is 8.00. The van der Waals surface area contributed by atoms with E-state index < -0.39 is 0 Å². The second-order valence-electron chi connectivity index (χ2n) is 4.24. The van der Waals surface area contributed by atoms with Crippen LogP contribution < -0.4 is 16.2 Å². The first-order valence-electron chi connectivity index (χ1n) is 5.53. The van der Waals surface area contributed by atoms with Gasteiger partial charge in [-0.1, -0.05) is 13.8 Å². The molecule has 0 aliphatic heterocycles. The van der Waals surface area contributed by atoms with Crippen LogP contribution in [0.4, 0.5) is 5.82 Å². The van der Waals surface area contributed by atoms with Gasteiger partial charge in [-0.25, -0.2) is 4.98 Å². The van der Waals surface area contributed by atoms with Crippen molar-refractivity contribution in [3.8, 4) is 0 Å². The SMILES string of the molecule is CC(C)CNC(=O)CNc1nccn(C)c1=O. The number of hydrogen-bond acceptors (Lipinski definition) is 4. The van der Waals surface area contributed by atoms with Crippen LogP contribution in [0.3, 0.4) is 0 Å². The molecule has 0 atom stereocenters. The van der Waals surface area contributed by atoms with Crippen molar-refractivity contribution in [2.75, 3.05) is 18.4 Å². The van der Waals surface area contributed by atoms with Gasteiger partial charge in [0.05, 0.1) is 6.54 Å². The van der Waals surface area contributed by atoms with Gasteiger partial charge in [-0.05, 0) is 5.92 Å². The van der Waals surface area contributed by atoms with Crippen LogP contribution in [0.2, 0.25) is 0 Å². The van der Waals surface area contributed by atoms with Gasteiger partial charge in [-0.2, -0.15) is 0 Å². The Morgan fingerprint density at radius 3 is 2.88 bits per heavy atom. The summed E-state index contributed by atoms with van der Waals surface area (Å²) in [5.41, 5.74) is -0.246. The number of nitrogens with zero attached hydrogens (tertiary/aromatic N) is 2. The number of carbonyl (C=O) groups is 1. The molecule has 0 spiro atoms. The predicted octanol–water partition coefficient (Wildman–Crippen LogP) is -0.0356. The van der Waals surface area contributed by atoms with Gasteiger partial charge in [0.1, 0.15) is 0 Å². The number of carbonyl (C=O) groups excluding carboxylic acids is 1. The quantitative estimate of drug-likeness (QED) is 0.755. The van der Waals surface area contributed by atoms with Gasteiger partial charge >= 0.3 is 0 Å². The lowest BCUT2D eigenvalue weighted by atomic mass is 10.2. The molecule has 0 saturated heterocycles. The van der Waals surface area contributed by atoms with Crippen molar-refractivity contribution in [2.24, 2.45) is 13.0 Å². The highest BCUT2D eigenvalue weighted by molar-refractivity contribution is 5.80. The minimum absolute atomic E-state index is 0.0545. The molecule has 0 aliphatic rings. The Kier molecular flexibility index (Phi) is 4.68. The molecule has 0 unspecified atom stereocenters. The van der Waals surface area contributed by atoms with Crippen LogP contribution >= 0.6 is 0 Å². The van der Waals surface area contributed by atoms with E-state index in [0.717, 1.165) is 0 Å². The molecule has 1 rings (SSSR count). The van der Waals surface area contributed by atoms with E-state index in [1.165, 1.54) is 10.8 Å². The maximum absolute atomic E-state index is 11.6. The van der Waals surface area contributed by atoms with Gasteiger partial charge in [-0.3, -0.25) is 9.59 Å². The molecule has 1 aromatic heterocycles. The van der Waals surface area contributed by atoms with E-state index in [2.05, 4.69) is 15.6 Å². The van der Waals surface area contributed by atoms with Gasteiger partial charge in [0.2, 0.25) is 5.91 Å². The summed E-state index contributed by atoms with van der Waals surface area (Å²) >= 11 is 0. The lowest BCUT2D eigenvalue weighted by Crippen LogP contribution is -2.34. The van der Waals surface area contributed by atoms with Crippen LogP contribution in [-0.2, 0) is 11.8 Å². The summed E-state index contributed by atoms with van der Waals surface area (Å²) < 4.78 is 1.40. The molecule has 94 valence electrons. The van der Waals surface area contributed by atoms with Gasteiger partial charge in [0.25, 0.3) is 5.56 Å². The third kappa shape index (κ3) is 4.26. The fourth-order valence-corrected chi connectivity index (χ4v) is 1.16. The monoisotopic (exact) mass is 238 g/mol. The first kappa shape index (κ1) is 13.2. The maximum Gasteiger partial charge on any atom is 0.293 e. The predicted molar refractivity (Wildman–Crippen MR) is 65.8 cm³/mol. The van der Waals surface area contributed by atoms with E-state index in [-0.39, 0.29) is 23.8 Å². The largest absolute Gasteiger partial charge is 0.356 e. The molecule has 6 nitrogen and oxygen atoms in total. The fraction of sp³-hybridized carbons (Fsp3) is 0.545. The number of hydrogen-bond donors (Lipinski definition) is 2. The summed E-state index contributed by atoms with van der Waals surface area (Å²) in [5, 5.41) is 5.47. The van der Waals surface area contributed by atoms with Crippen molar-refractivity contribution in [2.45, 2.75) is 13.8 Å². The summed E-state index contributed by atoms with van der Waals surface area (Å²) in [6, 6.07) is 0. The van der Waals surface area contributed by atoms with Crippen LogP contribution in [0.1, 0.15) is 13.8 Å². The standard InChI is InChI=1S/C11H18N4O2/c1-8(2)6-13-9(16)7-14-10-11(17)15(3)5-4-12-10/h4-5,8H,6-7H2,1-3H3,(H,12,14)(H,13,16). The molecule has 17 heavy (non-hydrogen) atoms. The number of amides is 1. The van der Waals surface area contributed by atoms with Gasteiger partial charge in [0, 0.05) is 26.0 Å². The van der Waals surface area contributed by atoms with Crippen molar-refractivity contribution in [1.82, 2.24) is 14.9 Å². The summed E-state index contributed by atoms with van der Waals surface area (Å²) in [6.45, 7) is 4.71. The van der Waals surface area contributed by atoms with Crippen molar-refractivity contribution >= 4 is 11.7 Å². The number of rotatable bonds is 5. The normalized spacial score (nSPS) is 10.4. The van der Waals surface area contributed by atoms with Gasteiger partial charge < -0.3 is 15.2 Å². The highest BCUT2D eigenvalue weighted by Gasteiger charge is 2.05. The molecule has 0 fully saturated rings. The highest BCUT2D eigenvalue weighted by Crippen LogP contribution is 1.91. The van der Waals surface area contributed by atoms with Crippen molar-refractivity contribution in [1.29, 1.82) is 0 Å². The summed E-state index contributed by atoms with van der Waals surface area (Å²) in [6.07, 6.45) is 3.07. The van der Waals surface area contributed by atoms with E-state index >= 15 is 0 Å². The second-order valence-corrected chi connectivity index (χ2v) is 4.24. The van der Waals surface area contributed by atoms with Gasteiger partial charge in [0.15, 0.2) is 5.82 Å². The van der Waals surface area contributed by atoms with Crippen LogP contribution in [0.5, 0.6) is 0 Å². The van der Waals surface area contributed by atoms with E-state index in [4.69, 9.17) is 0 Å². The van der Waals surface area contributed by atoms with Crippen LogP contribution in [0.15, 0.2) is 17.2 Å². The Bertz CT molecular complexity index is 439. The zero-order valence-corrected chi connectivity index (χ0v) is 10.4. The van der Waals surface area contributed by atoms with E-state index in [1.54, 1.807) is 13.2 Å². The second kappa shape index (κ2) is 6.03. The van der Waals surface area contributed by atoms with Crippen LogP contribution in [-0.4, -0.2) is 28.5 Å². The molecule has 2 N–H and O–H groups in total. The zero-order valence-electron chi connectivity index (χ0n) is 10.4. The summed E-state index contributed by atoms with van der Waals surface area (Å²) in [5.74, 6) is 0.447. The topological polar surface area (TPSA) is 76.0 Å². The maximum atomic E-state index is 11.6. The first-order valence-corrected chi connectivity index (χ1v) is 5.53. The number of nitrogens with one attached hydrogen (secondary N) is 2. The Labute approximate surface area is 100 Å². The smallest absolute Gasteiger partial charge is 0.293 e. The molecule has 0 saturated carbocycles. The van der Waals surface area contributed by atoms with Crippen LogP contribution in [0, 0.1) is 5.92 Å². The molecule has 6 heteroatoms. The third-order valence-electron chi connectivity index (χ3n) is 2.14. The molecule has 1 heterocycles. The molecule has 1 aromatic rings. The Balaban J connectivity index is 2.48. The lowest BCUT2D eigenvalue weighted by molar-refractivity contribution is -0.119. The number of aryl methyl sites for hydroxylation is 1. The average molecular weight is 238 g/mol. The van der Waals surface area contributed by atoms with Crippen molar-refractivity contribution in [3.63, 3.8) is 0 Å². The minimum atomic E-state index is -0.246.